The van der Waals surface area contributed by atoms with E-state index in [2.05, 4.69) is 11.8 Å². The first-order chi connectivity index (χ1) is 9.95. The number of rotatable bonds is 5. The summed E-state index contributed by atoms with van der Waals surface area (Å²) >= 11 is 0. The Kier molecular flexibility index (Phi) is 4.83. The smallest absolute Gasteiger partial charge is 0.296 e. The number of aryl methyl sites for hydroxylation is 1. The lowest BCUT2D eigenvalue weighted by molar-refractivity contribution is -0.125. The highest BCUT2D eigenvalue weighted by Crippen LogP contribution is 2.25. The third-order valence-corrected chi connectivity index (χ3v) is 4.39. The van der Waals surface area contributed by atoms with Gasteiger partial charge < -0.3 is 14.4 Å². The molecule has 1 fully saturated rings. The minimum atomic E-state index is -0.405. The molecule has 1 aromatic rings. The van der Waals surface area contributed by atoms with E-state index < -0.39 is 5.78 Å². The van der Waals surface area contributed by atoms with E-state index in [-0.39, 0.29) is 5.91 Å². The molecule has 1 aromatic heterocycles. The molecule has 2 rings (SSSR count). The molecule has 116 valence electrons. The van der Waals surface area contributed by atoms with Crippen molar-refractivity contribution in [2.45, 2.75) is 25.8 Å². The van der Waals surface area contributed by atoms with Crippen LogP contribution >= 0.6 is 0 Å². The number of likely N-dealkylation sites (tertiary alicyclic amines) is 1. The van der Waals surface area contributed by atoms with E-state index >= 15 is 0 Å². The largest absolute Gasteiger partial charge is 0.348 e. The molecule has 21 heavy (non-hydrogen) atoms. The van der Waals surface area contributed by atoms with E-state index in [1.54, 1.807) is 34.8 Å². The van der Waals surface area contributed by atoms with E-state index in [0.29, 0.717) is 30.7 Å². The van der Waals surface area contributed by atoms with Crippen molar-refractivity contribution in [3.8, 4) is 0 Å². The number of amides is 1. The van der Waals surface area contributed by atoms with Crippen LogP contribution in [-0.2, 0) is 11.8 Å². The van der Waals surface area contributed by atoms with Gasteiger partial charge in [0.2, 0.25) is 0 Å². The van der Waals surface area contributed by atoms with Crippen molar-refractivity contribution in [3.05, 3.63) is 24.0 Å². The highest BCUT2D eigenvalue weighted by molar-refractivity contribution is 6.42. The summed E-state index contributed by atoms with van der Waals surface area (Å²) in [6, 6.07) is 3.83. The number of likely N-dealkylation sites (N-methyl/N-ethyl adjacent to an activating group) is 1. The van der Waals surface area contributed by atoms with Crippen molar-refractivity contribution in [1.29, 1.82) is 0 Å². The third kappa shape index (κ3) is 3.18. The summed E-state index contributed by atoms with van der Waals surface area (Å²) in [7, 11) is 5.87. The zero-order valence-corrected chi connectivity index (χ0v) is 13.4. The molecule has 0 N–H and O–H groups in total. The monoisotopic (exact) mass is 291 g/mol. The second-order valence-electron chi connectivity index (χ2n) is 6.12. The van der Waals surface area contributed by atoms with Crippen LogP contribution in [-0.4, -0.2) is 59.3 Å². The van der Waals surface area contributed by atoms with Crippen LogP contribution in [0.25, 0.3) is 0 Å². The van der Waals surface area contributed by atoms with Crippen LogP contribution in [0.1, 0.15) is 30.3 Å². The zero-order chi connectivity index (χ0) is 15.6. The highest BCUT2D eigenvalue weighted by atomic mass is 16.2. The predicted molar refractivity (Wildman–Crippen MR) is 82.2 cm³/mol. The van der Waals surface area contributed by atoms with Crippen molar-refractivity contribution < 1.29 is 9.59 Å². The van der Waals surface area contributed by atoms with E-state index in [0.717, 1.165) is 12.8 Å². The molecule has 0 spiro atoms. The lowest BCUT2D eigenvalue weighted by Crippen LogP contribution is -2.38. The van der Waals surface area contributed by atoms with Gasteiger partial charge in [0.05, 0.1) is 5.69 Å². The van der Waals surface area contributed by atoms with Crippen LogP contribution in [0, 0.1) is 5.92 Å². The fourth-order valence-electron chi connectivity index (χ4n) is 3.21. The number of aromatic nitrogens is 1. The fourth-order valence-corrected chi connectivity index (χ4v) is 3.21. The van der Waals surface area contributed by atoms with Gasteiger partial charge in [-0.3, -0.25) is 9.59 Å². The van der Waals surface area contributed by atoms with Crippen molar-refractivity contribution >= 4 is 11.7 Å². The molecule has 1 saturated heterocycles. The maximum atomic E-state index is 12.5. The minimum absolute atomic E-state index is 0.343. The Labute approximate surface area is 126 Å². The van der Waals surface area contributed by atoms with Crippen molar-refractivity contribution in [1.82, 2.24) is 14.4 Å². The molecule has 2 atom stereocenters. The second-order valence-corrected chi connectivity index (χ2v) is 6.12. The van der Waals surface area contributed by atoms with Gasteiger partial charge in [-0.05, 0) is 38.6 Å². The van der Waals surface area contributed by atoms with E-state index in [1.165, 1.54) is 0 Å². The summed E-state index contributed by atoms with van der Waals surface area (Å²) in [5.41, 5.74) is 0.459. The average Bonchev–Trinajstić information content (AvgIpc) is 3.04. The number of hydrogen-bond donors (Lipinski definition) is 0. The Hall–Kier alpha value is -1.62. The van der Waals surface area contributed by atoms with Crippen LogP contribution in [0.2, 0.25) is 0 Å². The first-order valence-electron chi connectivity index (χ1n) is 7.57. The van der Waals surface area contributed by atoms with Crippen LogP contribution in [0.3, 0.4) is 0 Å². The molecular weight excluding hydrogens is 266 g/mol. The van der Waals surface area contributed by atoms with E-state index in [4.69, 9.17) is 0 Å². The topological polar surface area (TPSA) is 45.6 Å². The Bertz CT molecular complexity index is 521. The lowest BCUT2D eigenvalue weighted by Gasteiger charge is -2.24. The van der Waals surface area contributed by atoms with Gasteiger partial charge in [-0.15, -0.1) is 0 Å². The van der Waals surface area contributed by atoms with Gasteiger partial charge in [-0.25, -0.2) is 0 Å². The summed E-state index contributed by atoms with van der Waals surface area (Å²) < 4.78 is 1.70. The van der Waals surface area contributed by atoms with Crippen LogP contribution in [0.4, 0.5) is 0 Å². The third-order valence-electron chi connectivity index (χ3n) is 4.39. The molecule has 0 saturated carbocycles. The molecule has 0 bridgehead atoms. The Morgan fingerprint density at radius 2 is 2.05 bits per heavy atom. The van der Waals surface area contributed by atoms with Gasteiger partial charge in [0.1, 0.15) is 0 Å². The van der Waals surface area contributed by atoms with Gasteiger partial charge >= 0.3 is 0 Å². The maximum absolute atomic E-state index is 12.5. The summed E-state index contributed by atoms with van der Waals surface area (Å²) in [6.45, 7) is 3.49. The summed E-state index contributed by atoms with van der Waals surface area (Å²) in [4.78, 5) is 28.7. The Balaban J connectivity index is 2.10. The number of hydrogen-bond acceptors (Lipinski definition) is 3. The first-order valence-corrected chi connectivity index (χ1v) is 7.57. The van der Waals surface area contributed by atoms with Gasteiger partial charge in [-0.2, -0.15) is 0 Å². The number of nitrogens with zero attached hydrogens (tertiary/aromatic N) is 3. The van der Waals surface area contributed by atoms with Gasteiger partial charge in [0.15, 0.2) is 0 Å². The molecule has 0 unspecified atom stereocenters. The van der Waals surface area contributed by atoms with Crippen LogP contribution < -0.4 is 0 Å². The number of carbonyl (C=O) groups excluding carboxylic acids is 2. The van der Waals surface area contributed by atoms with Crippen molar-refractivity contribution in [3.63, 3.8) is 0 Å². The normalized spacial score (nSPS) is 22.0. The molecule has 0 aliphatic carbocycles. The quantitative estimate of drug-likeness (QED) is 0.608. The van der Waals surface area contributed by atoms with E-state index in [9.17, 15) is 9.59 Å². The van der Waals surface area contributed by atoms with Gasteiger partial charge in [0.25, 0.3) is 11.7 Å². The lowest BCUT2D eigenvalue weighted by atomic mass is 9.98. The molecule has 5 nitrogen and oxygen atoms in total. The number of Topliss-reactive ketones (excluding diaryl/α,β-unsaturated/α-hetero) is 1. The summed E-state index contributed by atoms with van der Waals surface area (Å²) in [5.74, 6) is -0.324. The maximum Gasteiger partial charge on any atom is 0.296 e. The molecule has 0 radical (unpaired) electrons. The summed E-state index contributed by atoms with van der Waals surface area (Å²) in [6.07, 6.45) is 3.97. The summed E-state index contributed by atoms with van der Waals surface area (Å²) in [5, 5.41) is 0. The second kappa shape index (κ2) is 6.43. The number of carbonyl (C=O) groups is 2. The molecule has 1 amide bonds. The van der Waals surface area contributed by atoms with Crippen molar-refractivity contribution in [2.24, 2.45) is 13.0 Å². The van der Waals surface area contributed by atoms with Crippen molar-refractivity contribution in [2.75, 3.05) is 27.2 Å². The number of ketones is 1. The van der Waals surface area contributed by atoms with Crippen LogP contribution in [0.5, 0.6) is 0 Å². The minimum Gasteiger partial charge on any atom is -0.348 e. The fraction of sp³-hybridized carbons (Fsp3) is 0.625. The molecule has 5 heteroatoms. The van der Waals surface area contributed by atoms with E-state index in [1.807, 2.05) is 14.1 Å². The Morgan fingerprint density at radius 3 is 2.57 bits per heavy atom. The first kappa shape index (κ1) is 15.8. The Morgan fingerprint density at radius 1 is 1.33 bits per heavy atom. The molecule has 2 heterocycles. The standard InChI is InChI=1S/C16H25N3O2/c1-5-7-12-10-19(11-14(12)17(2)3)16(21)15(20)13-8-6-9-18(13)4/h6,8-9,12,14H,5,7,10-11H2,1-4H3/t12-,14-/m1/s1. The highest BCUT2D eigenvalue weighted by Gasteiger charge is 2.38. The van der Waals surface area contributed by atoms with Gasteiger partial charge in [-0.1, -0.05) is 13.3 Å². The zero-order valence-electron chi connectivity index (χ0n) is 13.4. The van der Waals surface area contributed by atoms with Gasteiger partial charge in [0, 0.05) is 32.4 Å². The average molecular weight is 291 g/mol. The SMILES string of the molecule is CCC[C@@H]1CN(C(=O)C(=O)c2cccn2C)C[C@H]1N(C)C. The molecule has 1 aliphatic heterocycles. The molecular formula is C16H25N3O2. The van der Waals surface area contributed by atoms with Crippen LogP contribution in [0.15, 0.2) is 18.3 Å². The molecule has 1 aliphatic rings. The predicted octanol–water partition coefficient (Wildman–Crippen LogP) is 1.40. The molecule has 0 aromatic carbocycles.